The first-order chi connectivity index (χ1) is 25.5. The molecule has 2 N–H and O–H groups in total. The van der Waals surface area contributed by atoms with Crippen molar-refractivity contribution < 1.29 is 28.9 Å². The van der Waals surface area contributed by atoms with Gasteiger partial charge < -0.3 is 24.6 Å². The molecule has 55 heavy (non-hydrogen) atoms. The Labute approximate surface area is 337 Å². The van der Waals surface area contributed by atoms with Gasteiger partial charge in [-0.1, -0.05) is 78.9 Å². The molecule has 0 spiro atoms. The summed E-state index contributed by atoms with van der Waals surface area (Å²) in [7, 11) is 0. The number of carboxylic acids is 1. The van der Waals surface area contributed by atoms with Crippen molar-refractivity contribution in [2.45, 2.75) is 215 Å². The number of rotatable bonds is 22. The van der Waals surface area contributed by atoms with Crippen molar-refractivity contribution >= 4 is 11.9 Å². The van der Waals surface area contributed by atoms with Crippen LogP contribution in [0.1, 0.15) is 192 Å². The van der Waals surface area contributed by atoms with E-state index in [2.05, 4.69) is 52.9 Å². The summed E-state index contributed by atoms with van der Waals surface area (Å²) in [5, 5.41) is 12.1. The predicted molar refractivity (Wildman–Crippen MR) is 225 cm³/mol. The quantitative estimate of drug-likeness (QED) is 0.0841. The number of hydrogen-bond donors (Lipinski definition) is 2. The summed E-state index contributed by atoms with van der Waals surface area (Å²) in [6, 6.07) is 0. The van der Waals surface area contributed by atoms with Crippen molar-refractivity contribution in [2.75, 3.05) is 19.8 Å². The SMILES string of the molecule is CC(C)CCCCCC1CCC2C3CC=C4CC(OC(C)(C)CC(C)(C)C(=O)NCCC(C)(C)OCCC(C)(C)OCCC(=O)O)CCC4(C)C3CCC12C. The van der Waals surface area contributed by atoms with Crippen LogP contribution in [-0.2, 0) is 23.8 Å². The zero-order valence-corrected chi connectivity index (χ0v) is 37.7. The van der Waals surface area contributed by atoms with Crippen LogP contribution in [0.2, 0.25) is 0 Å². The van der Waals surface area contributed by atoms with Crippen LogP contribution in [0.4, 0.5) is 0 Å². The number of unbranched alkanes of at least 4 members (excludes halogenated alkanes) is 2. The molecular formula is C48H85NO6. The van der Waals surface area contributed by atoms with Gasteiger partial charge in [0.05, 0.1) is 42.5 Å². The van der Waals surface area contributed by atoms with Crippen molar-refractivity contribution in [2.24, 2.45) is 45.8 Å². The van der Waals surface area contributed by atoms with Gasteiger partial charge in [0.25, 0.3) is 0 Å². The van der Waals surface area contributed by atoms with Crippen molar-refractivity contribution in [1.29, 1.82) is 0 Å². The largest absolute Gasteiger partial charge is 0.481 e. The lowest BCUT2D eigenvalue weighted by Gasteiger charge is -2.58. The van der Waals surface area contributed by atoms with Crippen LogP contribution in [0, 0.1) is 45.8 Å². The molecule has 318 valence electrons. The first-order valence-electron chi connectivity index (χ1n) is 22.6. The molecule has 0 aromatic rings. The second-order valence-corrected chi connectivity index (χ2v) is 22.0. The van der Waals surface area contributed by atoms with Gasteiger partial charge in [0, 0.05) is 12.0 Å². The fourth-order valence-corrected chi connectivity index (χ4v) is 11.9. The van der Waals surface area contributed by atoms with E-state index in [9.17, 15) is 9.59 Å². The Hall–Kier alpha value is -1.44. The first kappa shape index (κ1) is 46.3. The number of ether oxygens (including phenoxy) is 3. The van der Waals surface area contributed by atoms with Crippen LogP contribution in [0.3, 0.4) is 0 Å². The van der Waals surface area contributed by atoms with Crippen molar-refractivity contribution in [3.8, 4) is 0 Å². The van der Waals surface area contributed by atoms with E-state index in [0.29, 0.717) is 43.2 Å². The highest BCUT2D eigenvalue weighted by Crippen LogP contribution is 2.67. The Morgan fingerprint density at radius 3 is 2.24 bits per heavy atom. The van der Waals surface area contributed by atoms with Crippen LogP contribution in [0.5, 0.6) is 0 Å². The van der Waals surface area contributed by atoms with Gasteiger partial charge in [-0.25, -0.2) is 0 Å². The summed E-state index contributed by atoms with van der Waals surface area (Å²) >= 11 is 0. The Kier molecular flexibility index (Phi) is 15.7. The highest BCUT2D eigenvalue weighted by Gasteiger charge is 2.58. The van der Waals surface area contributed by atoms with Gasteiger partial charge in [0.1, 0.15) is 0 Å². The number of amides is 1. The molecule has 3 saturated carbocycles. The van der Waals surface area contributed by atoms with E-state index in [4.69, 9.17) is 19.3 Å². The van der Waals surface area contributed by atoms with E-state index in [1.807, 2.05) is 41.5 Å². The number of carboxylic acid groups (broad SMARTS) is 1. The second kappa shape index (κ2) is 18.6. The van der Waals surface area contributed by atoms with Crippen LogP contribution >= 0.6 is 0 Å². The topological polar surface area (TPSA) is 94.1 Å². The Morgan fingerprint density at radius 2 is 1.55 bits per heavy atom. The van der Waals surface area contributed by atoms with E-state index in [-0.39, 0.29) is 25.0 Å². The molecule has 7 atom stereocenters. The minimum absolute atomic E-state index is 0.00634. The number of nitrogens with one attached hydrogen (secondary N) is 1. The first-order valence-corrected chi connectivity index (χ1v) is 22.6. The number of allylic oxidation sites excluding steroid dienone is 1. The average Bonchev–Trinajstić information content (AvgIpc) is 3.39. The van der Waals surface area contributed by atoms with Crippen LogP contribution in [0.25, 0.3) is 0 Å². The zero-order valence-electron chi connectivity index (χ0n) is 37.7. The third-order valence-electron chi connectivity index (χ3n) is 15.1. The van der Waals surface area contributed by atoms with Gasteiger partial charge in [0.2, 0.25) is 5.91 Å². The lowest BCUT2D eigenvalue weighted by molar-refractivity contribution is -0.141. The smallest absolute Gasteiger partial charge is 0.305 e. The average molecular weight is 772 g/mol. The fraction of sp³-hybridized carbons (Fsp3) is 0.917. The lowest BCUT2D eigenvalue weighted by atomic mass is 9.47. The lowest BCUT2D eigenvalue weighted by Crippen LogP contribution is -2.51. The normalized spacial score (nSPS) is 30.1. The summed E-state index contributed by atoms with van der Waals surface area (Å²) < 4.78 is 18.9. The van der Waals surface area contributed by atoms with Crippen molar-refractivity contribution in [3.63, 3.8) is 0 Å². The molecule has 0 aromatic carbocycles. The molecule has 4 aliphatic carbocycles. The molecule has 0 aromatic heterocycles. The minimum atomic E-state index is -0.859. The number of fused-ring (bicyclic) bond motifs is 5. The maximum Gasteiger partial charge on any atom is 0.305 e. The third kappa shape index (κ3) is 12.5. The zero-order chi connectivity index (χ0) is 40.9. The molecule has 4 rings (SSSR count). The minimum Gasteiger partial charge on any atom is -0.481 e. The summed E-state index contributed by atoms with van der Waals surface area (Å²) in [6.45, 7) is 27.7. The monoisotopic (exact) mass is 772 g/mol. The standard InChI is InChI=1S/C48H85NO6/c1-34(2)16-14-13-15-17-35-19-21-39-38-20-18-36-32-37(22-25-48(36,12)40(38)23-26-47(35,39)11)55-46(9,10)33-43(3,4)42(52)49-29-27-44(5,6)54-31-28-45(7,8)53-30-24-41(50)51/h18,34-35,37-40H,13-17,19-33H2,1-12H3,(H,49,52)(H,50,51). The molecule has 0 saturated heterocycles. The summed E-state index contributed by atoms with van der Waals surface area (Å²) in [6.07, 6.45) is 22.3. The maximum atomic E-state index is 13.5. The number of carbonyl (C=O) groups excluding carboxylic acids is 1. The van der Waals surface area contributed by atoms with E-state index in [0.717, 1.165) is 42.4 Å². The van der Waals surface area contributed by atoms with Crippen LogP contribution in [0.15, 0.2) is 11.6 Å². The number of aliphatic carboxylic acids is 1. The Morgan fingerprint density at radius 1 is 0.855 bits per heavy atom. The van der Waals surface area contributed by atoms with E-state index >= 15 is 0 Å². The summed E-state index contributed by atoms with van der Waals surface area (Å²) in [5.74, 6) is 3.53. The number of carbonyl (C=O) groups is 2. The van der Waals surface area contributed by atoms with Gasteiger partial charge >= 0.3 is 5.97 Å². The molecular weight excluding hydrogens is 687 g/mol. The highest BCUT2D eigenvalue weighted by molar-refractivity contribution is 5.81. The molecule has 3 fully saturated rings. The molecule has 7 heteroatoms. The van der Waals surface area contributed by atoms with Crippen molar-refractivity contribution in [3.05, 3.63) is 11.6 Å². The molecule has 0 heterocycles. The van der Waals surface area contributed by atoms with Gasteiger partial charge in [-0.05, 0) is 159 Å². The molecule has 0 radical (unpaired) electrons. The molecule has 0 bridgehead atoms. The summed E-state index contributed by atoms with van der Waals surface area (Å²) in [4.78, 5) is 24.3. The van der Waals surface area contributed by atoms with Gasteiger partial charge in [-0.15, -0.1) is 0 Å². The van der Waals surface area contributed by atoms with E-state index < -0.39 is 28.2 Å². The predicted octanol–water partition coefficient (Wildman–Crippen LogP) is 11.7. The molecule has 4 aliphatic rings. The highest BCUT2D eigenvalue weighted by atomic mass is 16.5. The fourth-order valence-electron chi connectivity index (χ4n) is 11.9. The molecule has 0 aliphatic heterocycles. The van der Waals surface area contributed by atoms with Gasteiger partial charge in [-0.2, -0.15) is 0 Å². The molecule has 7 nitrogen and oxygen atoms in total. The Bertz CT molecular complexity index is 1300. The third-order valence-corrected chi connectivity index (χ3v) is 15.1. The van der Waals surface area contributed by atoms with E-state index in [1.165, 1.54) is 70.6 Å². The second-order valence-electron chi connectivity index (χ2n) is 22.0. The van der Waals surface area contributed by atoms with E-state index in [1.54, 1.807) is 5.57 Å². The van der Waals surface area contributed by atoms with Gasteiger partial charge in [0.15, 0.2) is 0 Å². The van der Waals surface area contributed by atoms with Gasteiger partial charge in [-0.3, -0.25) is 9.59 Å². The van der Waals surface area contributed by atoms with Crippen LogP contribution in [-0.4, -0.2) is 59.6 Å². The Balaban J connectivity index is 1.23. The molecule has 7 unspecified atom stereocenters. The summed E-state index contributed by atoms with van der Waals surface area (Å²) in [5.41, 5.74) is 0.660. The maximum absolute atomic E-state index is 13.5. The molecule has 1 amide bonds. The van der Waals surface area contributed by atoms with Crippen LogP contribution < -0.4 is 5.32 Å². The number of hydrogen-bond acceptors (Lipinski definition) is 5. The van der Waals surface area contributed by atoms with Crippen molar-refractivity contribution in [1.82, 2.24) is 5.32 Å².